The minimum atomic E-state index is 0.544. The number of thiazole rings is 1. The first-order valence-electron chi connectivity index (χ1n) is 4.78. The van der Waals surface area contributed by atoms with E-state index in [1.165, 1.54) is 11.3 Å². The summed E-state index contributed by atoms with van der Waals surface area (Å²) in [6.45, 7) is 0. The second kappa shape index (κ2) is 3.57. The monoisotopic (exact) mass is 249 g/mol. The molecule has 2 aromatic heterocycles. The third-order valence-corrected chi connectivity index (χ3v) is 3.47. The molecule has 0 N–H and O–H groups in total. The number of para-hydroxylation sites is 2. The van der Waals surface area contributed by atoms with Crippen LogP contribution in [0.1, 0.15) is 0 Å². The van der Waals surface area contributed by atoms with E-state index in [2.05, 4.69) is 9.97 Å². The summed E-state index contributed by atoms with van der Waals surface area (Å²) < 4.78 is 2.57. The third kappa shape index (κ3) is 1.42. The molecule has 0 saturated heterocycles. The Hall–Kier alpha value is -1.39. The molecule has 0 unspecified atom stereocenters. The van der Waals surface area contributed by atoms with Crippen molar-refractivity contribution in [2.24, 2.45) is 7.05 Å². The van der Waals surface area contributed by atoms with E-state index >= 15 is 0 Å². The van der Waals surface area contributed by atoms with E-state index < -0.39 is 0 Å². The van der Waals surface area contributed by atoms with Crippen molar-refractivity contribution in [3.05, 3.63) is 34.1 Å². The summed E-state index contributed by atoms with van der Waals surface area (Å²) >= 11 is 7.25. The van der Waals surface area contributed by atoms with E-state index in [1.54, 1.807) is 0 Å². The second-order valence-electron chi connectivity index (χ2n) is 3.47. The van der Waals surface area contributed by atoms with Gasteiger partial charge in [-0.2, -0.15) is 0 Å². The fourth-order valence-corrected chi connectivity index (χ4v) is 2.47. The van der Waals surface area contributed by atoms with E-state index in [-0.39, 0.29) is 0 Å². The fourth-order valence-electron chi connectivity index (χ4n) is 1.73. The van der Waals surface area contributed by atoms with Crippen LogP contribution in [0.25, 0.3) is 22.6 Å². The van der Waals surface area contributed by atoms with Gasteiger partial charge in [0.2, 0.25) is 0 Å². The minimum Gasteiger partial charge on any atom is -0.326 e. The van der Waals surface area contributed by atoms with Gasteiger partial charge in [0.05, 0.1) is 11.0 Å². The first-order chi connectivity index (χ1) is 7.75. The number of imidazole rings is 1. The van der Waals surface area contributed by atoms with E-state index in [9.17, 15) is 0 Å². The molecule has 0 radical (unpaired) electrons. The zero-order valence-corrected chi connectivity index (χ0v) is 10.1. The van der Waals surface area contributed by atoms with E-state index in [1.807, 2.05) is 41.3 Å². The molecular weight excluding hydrogens is 242 g/mol. The average Bonchev–Trinajstić information content (AvgIpc) is 2.84. The fraction of sp³-hybridized carbons (Fsp3) is 0.0909. The second-order valence-corrected chi connectivity index (χ2v) is 4.91. The van der Waals surface area contributed by atoms with Gasteiger partial charge in [-0.1, -0.05) is 23.7 Å². The van der Waals surface area contributed by atoms with Crippen molar-refractivity contribution >= 4 is 34.0 Å². The summed E-state index contributed by atoms with van der Waals surface area (Å²) in [4.78, 5) is 8.78. The standard InChI is InChI=1S/C11H8ClN3S/c1-15-9-5-3-2-4-7(9)13-10(15)8-6-16-11(12)14-8/h2-6H,1H3. The number of hydrogen-bond acceptors (Lipinski definition) is 3. The van der Waals surface area contributed by atoms with Crippen LogP contribution in [-0.4, -0.2) is 14.5 Å². The maximum absolute atomic E-state index is 5.83. The highest BCUT2D eigenvalue weighted by Gasteiger charge is 2.11. The number of nitrogens with zero attached hydrogens (tertiary/aromatic N) is 3. The lowest BCUT2D eigenvalue weighted by molar-refractivity contribution is 0.953. The number of aromatic nitrogens is 3. The molecule has 0 saturated carbocycles. The summed E-state index contributed by atoms with van der Waals surface area (Å²) in [5.41, 5.74) is 2.90. The average molecular weight is 250 g/mol. The maximum Gasteiger partial charge on any atom is 0.184 e. The minimum absolute atomic E-state index is 0.544. The number of aryl methyl sites for hydroxylation is 1. The van der Waals surface area contributed by atoms with Gasteiger partial charge in [-0.15, -0.1) is 11.3 Å². The van der Waals surface area contributed by atoms with Gasteiger partial charge in [-0.25, -0.2) is 9.97 Å². The van der Waals surface area contributed by atoms with Crippen molar-refractivity contribution in [2.75, 3.05) is 0 Å². The lowest BCUT2D eigenvalue weighted by atomic mass is 10.3. The van der Waals surface area contributed by atoms with Gasteiger partial charge in [0.15, 0.2) is 10.3 Å². The van der Waals surface area contributed by atoms with E-state index in [0.717, 1.165) is 22.6 Å². The van der Waals surface area contributed by atoms with Gasteiger partial charge in [0.1, 0.15) is 5.69 Å². The molecule has 5 heteroatoms. The molecule has 2 heterocycles. The van der Waals surface area contributed by atoms with Gasteiger partial charge in [-0.05, 0) is 12.1 Å². The Morgan fingerprint density at radius 3 is 2.75 bits per heavy atom. The van der Waals surface area contributed by atoms with Gasteiger partial charge < -0.3 is 4.57 Å². The molecule has 3 nitrogen and oxygen atoms in total. The molecular formula is C11H8ClN3S. The molecule has 3 aromatic rings. The van der Waals surface area contributed by atoms with Crippen LogP contribution < -0.4 is 0 Å². The summed E-state index contributed by atoms with van der Waals surface area (Å²) in [6.07, 6.45) is 0. The zero-order chi connectivity index (χ0) is 11.1. The van der Waals surface area contributed by atoms with Crippen molar-refractivity contribution in [2.45, 2.75) is 0 Å². The molecule has 80 valence electrons. The number of fused-ring (bicyclic) bond motifs is 1. The quantitative estimate of drug-likeness (QED) is 0.662. The summed E-state index contributed by atoms with van der Waals surface area (Å²) in [5, 5.41) is 1.92. The Bertz CT molecular complexity index is 656. The lowest BCUT2D eigenvalue weighted by Gasteiger charge is -1.97. The van der Waals surface area contributed by atoms with Crippen LogP contribution in [0.4, 0.5) is 0 Å². The lowest BCUT2D eigenvalue weighted by Crippen LogP contribution is -1.92. The van der Waals surface area contributed by atoms with Crippen LogP contribution in [0.2, 0.25) is 4.47 Å². The van der Waals surface area contributed by atoms with Crippen LogP contribution in [0.15, 0.2) is 29.6 Å². The smallest absolute Gasteiger partial charge is 0.184 e. The number of hydrogen-bond donors (Lipinski definition) is 0. The maximum atomic E-state index is 5.83. The first-order valence-corrected chi connectivity index (χ1v) is 6.04. The van der Waals surface area contributed by atoms with Crippen LogP contribution in [0, 0.1) is 0 Å². The number of benzene rings is 1. The van der Waals surface area contributed by atoms with Crippen LogP contribution in [0.3, 0.4) is 0 Å². The Morgan fingerprint density at radius 2 is 2.06 bits per heavy atom. The highest BCUT2D eigenvalue weighted by molar-refractivity contribution is 7.14. The normalized spacial score (nSPS) is 11.1. The molecule has 0 aliphatic carbocycles. The Labute approximate surface area is 101 Å². The largest absolute Gasteiger partial charge is 0.326 e. The molecule has 1 aromatic carbocycles. The van der Waals surface area contributed by atoms with Gasteiger partial charge in [0.25, 0.3) is 0 Å². The van der Waals surface area contributed by atoms with Crippen molar-refractivity contribution in [1.82, 2.24) is 14.5 Å². The van der Waals surface area contributed by atoms with Crippen LogP contribution in [-0.2, 0) is 7.05 Å². The molecule has 0 aliphatic heterocycles. The topological polar surface area (TPSA) is 30.7 Å². The highest BCUT2D eigenvalue weighted by atomic mass is 35.5. The summed E-state index contributed by atoms with van der Waals surface area (Å²) in [7, 11) is 1.98. The highest BCUT2D eigenvalue weighted by Crippen LogP contribution is 2.26. The molecule has 0 aliphatic rings. The summed E-state index contributed by atoms with van der Waals surface area (Å²) in [6, 6.07) is 8.02. The van der Waals surface area contributed by atoms with Gasteiger partial charge in [0, 0.05) is 12.4 Å². The van der Waals surface area contributed by atoms with Crippen molar-refractivity contribution in [3.8, 4) is 11.5 Å². The number of halogens is 1. The van der Waals surface area contributed by atoms with Crippen LogP contribution >= 0.6 is 22.9 Å². The Morgan fingerprint density at radius 1 is 1.25 bits per heavy atom. The molecule has 0 fully saturated rings. The molecule has 0 atom stereocenters. The molecule has 16 heavy (non-hydrogen) atoms. The van der Waals surface area contributed by atoms with Crippen molar-refractivity contribution < 1.29 is 0 Å². The van der Waals surface area contributed by atoms with Crippen molar-refractivity contribution in [1.29, 1.82) is 0 Å². The first kappa shape index (κ1) is 9.81. The SMILES string of the molecule is Cn1c(-c2csc(Cl)n2)nc2ccccc21. The Kier molecular flexibility index (Phi) is 2.19. The van der Waals surface area contributed by atoms with E-state index in [4.69, 9.17) is 11.6 Å². The van der Waals surface area contributed by atoms with Crippen LogP contribution in [0.5, 0.6) is 0 Å². The van der Waals surface area contributed by atoms with Gasteiger partial charge >= 0.3 is 0 Å². The third-order valence-electron chi connectivity index (χ3n) is 2.49. The molecule has 0 bridgehead atoms. The van der Waals surface area contributed by atoms with Gasteiger partial charge in [-0.3, -0.25) is 0 Å². The molecule has 0 spiro atoms. The zero-order valence-electron chi connectivity index (χ0n) is 8.51. The summed E-state index contributed by atoms with van der Waals surface area (Å²) in [5.74, 6) is 0.851. The molecule has 0 amide bonds. The van der Waals surface area contributed by atoms with E-state index in [0.29, 0.717) is 4.47 Å². The predicted octanol–water partition coefficient (Wildman–Crippen LogP) is 3.35. The Balaban J connectivity index is 2.28. The molecule has 3 rings (SSSR count). The number of rotatable bonds is 1. The van der Waals surface area contributed by atoms with Crippen molar-refractivity contribution in [3.63, 3.8) is 0 Å². The predicted molar refractivity (Wildman–Crippen MR) is 66.8 cm³/mol.